The highest BCUT2D eigenvalue weighted by atomic mass is 35.5. The Bertz CT molecular complexity index is 319. The van der Waals surface area contributed by atoms with Crippen LogP contribution in [0.3, 0.4) is 0 Å². The molecule has 0 amide bonds. The van der Waals surface area contributed by atoms with Crippen molar-refractivity contribution in [2.45, 2.75) is 12.5 Å². The summed E-state index contributed by atoms with van der Waals surface area (Å²) in [6.45, 7) is 0.573. The van der Waals surface area contributed by atoms with Crippen LogP contribution in [0.4, 0.5) is 4.39 Å². The van der Waals surface area contributed by atoms with Gasteiger partial charge < -0.3 is 10.1 Å². The second-order valence-corrected chi connectivity index (χ2v) is 3.79. The van der Waals surface area contributed by atoms with E-state index in [1.807, 2.05) is 7.05 Å². The summed E-state index contributed by atoms with van der Waals surface area (Å²) in [5, 5.41) is 3.68. The van der Waals surface area contributed by atoms with Crippen molar-refractivity contribution in [1.29, 1.82) is 0 Å². The van der Waals surface area contributed by atoms with Crippen molar-refractivity contribution in [2.75, 3.05) is 20.8 Å². The van der Waals surface area contributed by atoms with Crippen LogP contribution in [0.1, 0.15) is 5.56 Å². The molecule has 1 aromatic carbocycles. The fourth-order valence-electron chi connectivity index (χ4n) is 1.41. The van der Waals surface area contributed by atoms with E-state index in [9.17, 15) is 4.39 Å². The summed E-state index contributed by atoms with van der Waals surface area (Å²) in [6, 6.07) is 4.54. The van der Waals surface area contributed by atoms with Crippen LogP contribution in [-0.4, -0.2) is 26.8 Å². The molecule has 1 N–H and O–H groups in total. The lowest BCUT2D eigenvalue weighted by molar-refractivity contribution is 0.169. The Morgan fingerprint density at radius 3 is 2.87 bits per heavy atom. The number of likely N-dealkylation sites (N-methyl/N-ethyl adjacent to an activating group) is 1. The average molecular weight is 232 g/mol. The molecule has 0 radical (unpaired) electrons. The SMILES string of the molecule is CNC(COC)Cc1cc(F)ccc1Cl. The maximum absolute atomic E-state index is 13.0. The number of methoxy groups -OCH3 is 1. The molecule has 0 saturated heterocycles. The van der Waals surface area contributed by atoms with E-state index in [1.54, 1.807) is 13.2 Å². The van der Waals surface area contributed by atoms with Crippen LogP contribution in [0.25, 0.3) is 0 Å². The maximum atomic E-state index is 13.0. The highest BCUT2D eigenvalue weighted by molar-refractivity contribution is 6.31. The third-order valence-corrected chi connectivity index (χ3v) is 2.62. The molecule has 0 bridgehead atoms. The van der Waals surface area contributed by atoms with Gasteiger partial charge in [0.25, 0.3) is 0 Å². The molecule has 0 aromatic heterocycles. The zero-order chi connectivity index (χ0) is 11.3. The van der Waals surface area contributed by atoms with Gasteiger partial charge in [0.15, 0.2) is 0 Å². The molecule has 1 unspecified atom stereocenters. The summed E-state index contributed by atoms with van der Waals surface area (Å²) in [5.74, 6) is -0.262. The molecular formula is C11H15ClFNO. The van der Waals surface area contributed by atoms with Gasteiger partial charge in [-0.15, -0.1) is 0 Å². The Morgan fingerprint density at radius 1 is 1.53 bits per heavy atom. The van der Waals surface area contributed by atoms with E-state index in [1.165, 1.54) is 12.1 Å². The number of benzene rings is 1. The Labute approximate surface area is 94.4 Å². The molecular weight excluding hydrogens is 217 g/mol. The molecule has 0 fully saturated rings. The highest BCUT2D eigenvalue weighted by Gasteiger charge is 2.10. The predicted octanol–water partition coefficient (Wildman–Crippen LogP) is 2.26. The molecule has 0 saturated carbocycles. The number of nitrogens with one attached hydrogen (secondary N) is 1. The Kier molecular flexibility index (Phi) is 5.02. The van der Waals surface area contributed by atoms with Gasteiger partial charge in [-0.3, -0.25) is 0 Å². The van der Waals surface area contributed by atoms with Crippen molar-refractivity contribution in [3.05, 3.63) is 34.6 Å². The number of hydrogen-bond acceptors (Lipinski definition) is 2. The minimum absolute atomic E-state index is 0.147. The van der Waals surface area contributed by atoms with Crippen LogP contribution >= 0.6 is 11.6 Å². The molecule has 1 aromatic rings. The van der Waals surface area contributed by atoms with Crippen LogP contribution in [0.15, 0.2) is 18.2 Å². The first-order chi connectivity index (χ1) is 7.17. The third kappa shape index (κ3) is 3.78. The molecule has 1 rings (SSSR count). The maximum Gasteiger partial charge on any atom is 0.123 e. The first kappa shape index (κ1) is 12.4. The monoisotopic (exact) mass is 231 g/mol. The zero-order valence-corrected chi connectivity index (χ0v) is 9.64. The molecule has 4 heteroatoms. The predicted molar refractivity (Wildman–Crippen MR) is 59.8 cm³/mol. The van der Waals surface area contributed by atoms with E-state index in [4.69, 9.17) is 16.3 Å². The van der Waals surface area contributed by atoms with E-state index < -0.39 is 0 Å². The summed E-state index contributed by atoms with van der Waals surface area (Å²) in [7, 11) is 3.48. The van der Waals surface area contributed by atoms with Crippen molar-refractivity contribution in [3.8, 4) is 0 Å². The Hall–Kier alpha value is -0.640. The van der Waals surface area contributed by atoms with Gasteiger partial charge in [-0.1, -0.05) is 11.6 Å². The van der Waals surface area contributed by atoms with E-state index in [2.05, 4.69) is 5.32 Å². The van der Waals surface area contributed by atoms with Crippen molar-refractivity contribution in [1.82, 2.24) is 5.32 Å². The van der Waals surface area contributed by atoms with Gasteiger partial charge in [-0.25, -0.2) is 4.39 Å². The van der Waals surface area contributed by atoms with Crippen molar-refractivity contribution < 1.29 is 9.13 Å². The normalized spacial score (nSPS) is 12.8. The highest BCUT2D eigenvalue weighted by Crippen LogP contribution is 2.18. The molecule has 0 heterocycles. The lowest BCUT2D eigenvalue weighted by atomic mass is 10.1. The number of halogens is 2. The molecule has 84 valence electrons. The largest absolute Gasteiger partial charge is 0.383 e. The lowest BCUT2D eigenvalue weighted by Gasteiger charge is -2.15. The zero-order valence-electron chi connectivity index (χ0n) is 8.89. The number of hydrogen-bond donors (Lipinski definition) is 1. The molecule has 2 nitrogen and oxygen atoms in total. The lowest BCUT2D eigenvalue weighted by Crippen LogP contribution is -2.32. The van der Waals surface area contributed by atoms with Crippen LogP contribution in [0.5, 0.6) is 0 Å². The standard InChI is InChI=1S/C11H15ClFNO/c1-14-10(7-15-2)6-8-5-9(13)3-4-11(8)12/h3-5,10,14H,6-7H2,1-2H3. The van der Waals surface area contributed by atoms with Crippen molar-refractivity contribution in [3.63, 3.8) is 0 Å². The smallest absolute Gasteiger partial charge is 0.123 e. The minimum Gasteiger partial charge on any atom is -0.383 e. The summed E-state index contributed by atoms with van der Waals surface area (Å²) >= 11 is 5.96. The van der Waals surface area contributed by atoms with E-state index in [-0.39, 0.29) is 11.9 Å². The van der Waals surface area contributed by atoms with Gasteiger partial charge in [0, 0.05) is 18.2 Å². The summed E-state index contributed by atoms with van der Waals surface area (Å²) in [5.41, 5.74) is 0.799. The molecule has 0 aliphatic carbocycles. The molecule has 15 heavy (non-hydrogen) atoms. The number of ether oxygens (including phenoxy) is 1. The molecule has 1 atom stereocenters. The molecule has 0 aliphatic rings. The fourth-order valence-corrected chi connectivity index (χ4v) is 1.61. The second-order valence-electron chi connectivity index (χ2n) is 3.38. The average Bonchev–Trinajstić information content (AvgIpc) is 2.22. The summed E-state index contributed by atoms with van der Waals surface area (Å²) < 4.78 is 18.0. The van der Waals surface area contributed by atoms with Crippen molar-refractivity contribution in [2.24, 2.45) is 0 Å². The van der Waals surface area contributed by atoms with E-state index in [0.717, 1.165) is 5.56 Å². The van der Waals surface area contributed by atoms with Gasteiger partial charge in [0.05, 0.1) is 6.61 Å². The fraction of sp³-hybridized carbons (Fsp3) is 0.455. The van der Waals surface area contributed by atoms with Crippen molar-refractivity contribution >= 4 is 11.6 Å². The van der Waals surface area contributed by atoms with Gasteiger partial charge in [0.2, 0.25) is 0 Å². The summed E-state index contributed by atoms with van der Waals surface area (Å²) in [4.78, 5) is 0. The third-order valence-electron chi connectivity index (χ3n) is 2.25. The van der Waals surface area contributed by atoms with Crippen LogP contribution in [0.2, 0.25) is 5.02 Å². The first-order valence-corrected chi connectivity index (χ1v) is 5.15. The molecule has 0 spiro atoms. The van der Waals surface area contributed by atoms with Crippen LogP contribution in [0, 0.1) is 5.82 Å². The van der Waals surface area contributed by atoms with Gasteiger partial charge in [-0.05, 0) is 37.2 Å². The van der Waals surface area contributed by atoms with Crippen LogP contribution < -0.4 is 5.32 Å². The summed E-state index contributed by atoms with van der Waals surface area (Å²) in [6.07, 6.45) is 0.654. The second kappa shape index (κ2) is 6.05. The minimum atomic E-state index is -0.262. The number of rotatable bonds is 5. The van der Waals surface area contributed by atoms with E-state index >= 15 is 0 Å². The first-order valence-electron chi connectivity index (χ1n) is 4.77. The Balaban J connectivity index is 2.73. The van der Waals surface area contributed by atoms with Crippen LogP contribution in [-0.2, 0) is 11.2 Å². The molecule has 0 aliphatic heterocycles. The Morgan fingerprint density at radius 2 is 2.27 bits per heavy atom. The quantitative estimate of drug-likeness (QED) is 0.840. The van der Waals surface area contributed by atoms with E-state index in [0.29, 0.717) is 18.1 Å². The topological polar surface area (TPSA) is 21.3 Å². The van der Waals surface area contributed by atoms with Gasteiger partial charge in [-0.2, -0.15) is 0 Å². The van der Waals surface area contributed by atoms with Gasteiger partial charge >= 0.3 is 0 Å². The van der Waals surface area contributed by atoms with Gasteiger partial charge in [0.1, 0.15) is 5.82 Å².